The summed E-state index contributed by atoms with van der Waals surface area (Å²) in [4.78, 5) is 45.9. The minimum Gasteiger partial charge on any atom is -0.349 e. The number of likely N-dealkylation sites (tertiary alicyclic amines) is 1. The van der Waals surface area contributed by atoms with Crippen molar-refractivity contribution in [1.82, 2.24) is 19.8 Å². The molecule has 1 saturated heterocycles. The molecular formula is C30H36N4O3S. The molecule has 0 radical (unpaired) electrons. The van der Waals surface area contributed by atoms with Gasteiger partial charge in [0.15, 0.2) is 5.16 Å². The lowest BCUT2D eigenvalue weighted by Crippen LogP contribution is -2.43. The van der Waals surface area contributed by atoms with E-state index in [9.17, 15) is 14.4 Å². The Bertz CT molecular complexity index is 1350. The Morgan fingerprint density at radius 3 is 2.39 bits per heavy atom. The highest BCUT2D eigenvalue weighted by molar-refractivity contribution is 7.99. The summed E-state index contributed by atoms with van der Waals surface area (Å²) in [6.45, 7) is 6.25. The molecular weight excluding hydrogens is 496 g/mol. The summed E-state index contributed by atoms with van der Waals surface area (Å²) in [6.07, 6.45) is 5.56. The third kappa shape index (κ3) is 6.12. The van der Waals surface area contributed by atoms with Gasteiger partial charge >= 0.3 is 0 Å². The molecule has 1 aliphatic heterocycles. The fourth-order valence-corrected chi connectivity index (χ4v) is 6.67. The number of hydrogen-bond acceptors (Lipinski definition) is 5. The van der Waals surface area contributed by atoms with E-state index < -0.39 is 0 Å². The van der Waals surface area contributed by atoms with E-state index >= 15 is 0 Å². The highest BCUT2D eigenvalue weighted by Crippen LogP contribution is 2.24. The van der Waals surface area contributed by atoms with Crippen LogP contribution in [0.4, 0.5) is 0 Å². The summed E-state index contributed by atoms with van der Waals surface area (Å²) in [6, 6.07) is 15.0. The van der Waals surface area contributed by atoms with Crippen LogP contribution in [-0.4, -0.2) is 51.1 Å². The molecule has 5 rings (SSSR count). The fraction of sp³-hybridized carbons (Fsp3) is 0.467. The largest absolute Gasteiger partial charge is 0.349 e. The lowest BCUT2D eigenvalue weighted by Gasteiger charge is -2.35. The second-order valence-corrected chi connectivity index (χ2v) is 11.9. The van der Waals surface area contributed by atoms with Crippen molar-refractivity contribution in [3.63, 3.8) is 0 Å². The van der Waals surface area contributed by atoms with Crippen LogP contribution in [-0.2, 0) is 11.3 Å². The first kappa shape index (κ1) is 26.5. The summed E-state index contributed by atoms with van der Waals surface area (Å²) in [5.41, 5.74) is 2.01. The van der Waals surface area contributed by atoms with Crippen LogP contribution < -0.4 is 10.9 Å². The molecule has 3 aromatic rings. The second kappa shape index (κ2) is 11.7. The first-order valence-electron chi connectivity index (χ1n) is 13.7. The van der Waals surface area contributed by atoms with Crippen molar-refractivity contribution < 1.29 is 9.59 Å². The fourth-order valence-electron chi connectivity index (χ4n) is 5.76. The number of hydrogen-bond donors (Lipinski definition) is 1. The van der Waals surface area contributed by atoms with Gasteiger partial charge in [0.25, 0.3) is 11.5 Å². The number of rotatable bonds is 7. The van der Waals surface area contributed by atoms with Crippen LogP contribution in [0.5, 0.6) is 0 Å². The quantitative estimate of drug-likeness (QED) is 0.352. The zero-order chi connectivity index (χ0) is 26.6. The van der Waals surface area contributed by atoms with E-state index in [4.69, 9.17) is 4.98 Å². The topological polar surface area (TPSA) is 84.3 Å². The zero-order valence-electron chi connectivity index (χ0n) is 22.2. The Hall–Kier alpha value is -3.13. The van der Waals surface area contributed by atoms with Gasteiger partial charge < -0.3 is 10.2 Å². The molecule has 8 heteroatoms. The molecule has 0 unspecified atom stereocenters. The monoisotopic (exact) mass is 532 g/mol. The molecule has 0 bridgehead atoms. The van der Waals surface area contributed by atoms with Gasteiger partial charge in [-0.15, -0.1) is 0 Å². The number of para-hydroxylation sites is 1. The van der Waals surface area contributed by atoms with E-state index in [1.807, 2.05) is 47.4 Å². The lowest BCUT2D eigenvalue weighted by atomic mass is 9.92. The number of carbonyl (C=O) groups is 2. The number of fused-ring (bicyclic) bond motifs is 1. The molecule has 1 saturated carbocycles. The normalized spacial score (nSPS) is 20.1. The maximum atomic E-state index is 13.5. The summed E-state index contributed by atoms with van der Waals surface area (Å²) in [5.74, 6) is 1.26. The highest BCUT2D eigenvalue weighted by Gasteiger charge is 2.26. The average molecular weight is 533 g/mol. The van der Waals surface area contributed by atoms with Crippen molar-refractivity contribution in [3.8, 4) is 0 Å². The summed E-state index contributed by atoms with van der Waals surface area (Å²) in [5, 5.41) is 4.20. The predicted octanol–water partition coefficient (Wildman–Crippen LogP) is 4.71. The maximum absolute atomic E-state index is 13.5. The van der Waals surface area contributed by atoms with Crippen LogP contribution in [0.2, 0.25) is 0 Å². The van der Waals surface area contributed by atoms with E-state index in [1.165, 1.54) is 24.6 Å². The molecule has 1 N–H and O–H groups in total. The zero-order valence-corrected chi connectivity index (χ0v) is 23.0. The van der Waals surface area contributed by atoms with E-state index in [-0.39, 0.29) is 29.2 Å². The Morgan fingerprint density at radius 1 is 1.00 bits per heavy atom. The lowest BCUT2D eigenvalue weighted by molar-refractivity contribution is -0.130. The molecule has 2 heterocycles. The van der Waals surface area contributed by atoms with Gasteiger partial charge in [0, 0.05) is 24.7 Å². The number of nitrogens with one attached hydrogen (secondary N) is 1. The van der Waals surface area contributed by atoms with Gasteiger partial charge in [0.2, 0.25) is 5.91 Å². The standard InChI is InChI=1S/C30H36N4O3S/c1-20-15-21(2)17-33(16-20)27(35)19-38-30-32-26-10-6-5-9-25(26)29(37)34(30)18-22-11-13-23(14-12-22)28(36)31-24-7-3-4-8-24/h5-6,9-14,20-21,24H,3-4,7-8,15-19H2,1-2H3,(H,31,36)/t20-,21+. The molecule has 2 aromatic carbocycles. The Morgan fingerprint density at radius 2 is 1.68 bits per heavy atom. The van der Waals surface area contributed by atoms with E-state index in [1.54, 1.807) is 10.6 Å². The molecule has 2 amide bonds. The van der Waals surface area contributed by atoms with Crippen LogP contribution in [0.25, 0.3) is 10.9 Å². The van der Waals surface area contributed by atoms with E-state index in [0.717, 1.165) is 37.9 Å². The number of benzene rings is 2. The molecule has 200 valence electrons. The maximum Gasteiger partial charge on any atom is 0.262 e. The van der Waals surface area contributed by atoms with Gasteiger partial charge in [-0.1, -0.05) is 62.7 Å². The SMILES string of the molecule is C[C@@H]1C[C@H](C)CN(C(=O)CSc2nc3ccccc3c(=O)n2Cc2ccc(C(=O)NC3CCCC3)cc2)C1. The van der Waals surface area contributed by atoms with Gasteiger partial charge in [-0.2, -0.15) is 0 Å². The van der Waals surface area contributed by atoms with Crippen LogP contribution in [0, 0.1) is 11.8 Å². The smallest absolute Gasteiger partial charge is 0.262 e. The van der Waals surface area contributed by atoms with Gasteiger partial charge in [0.05, 0.1) is 23.2 Å². The third-order valence-electron chi connectivity index (χ3n) is 7.62. The minimum absolute atomic E-state index is 0.0518. The second-order valence-electron chi connectivity index (χ2n) is 11.0. The Kier molecular flexibility index (Phi) is 8.17. The van der Waals surface area contributed by atoms with Crippen LogP contribution in [0.15, 0.2) is 58.5 Å². The molecule has 1 aromatic heterocycles. The van der Waals surface area contributed by atoms with Crippen molar-refractivity contribution in [2.45, 2.75) is 63.7 Å². The van der Waals surface area contributed by atoms with Crippen LogP contribution in [0.1, 0.15) is 61.9 Å². The van der Waals surface area contributed by atoms with Crippen LogP contribution >= 0.6 is 11.8 Å². The van der Waals surface area contributed by atoms with Crippen molar-refractivity contribution in [1.29, 1.82) is 0 Å². The summed E-state index contributed by atoms with van der Waals surface area (Å²) >= 11 is 1.32. The average Bonchev–Trinajstić information content (AvgIpc) is 3.42. The van der Waals surface area contributed by atoms with E-state index in [0.29, 0.717) is 40.0 Å². The summed E-state index contributed by atoms with van der Waals surface area (Å²) < 4.78 is 1.65. The first-order valence-corrected chi connectivity index (χ1v) is 14.7. The molecule has 2 atom stereocenters. The van der Waals surface area contributed by atoms with Gasteiger partial charge in [0.1, 0.15) is 0 Å². The van der Waals surface area contributed by atoms with Gasteiger partial charge in [-0.3, -0.25) is 19.0 Å². The molecule has 7 nitrogen and oxygen atoms in total. The molecule has 2 fully saturated rings. The Balaban J connectivity index is 1.35. The number of piperidine rings is 1. The Labute approximate surface area is 228 Å². The van der Waals surface area contributed by atoms with Crippen molar-refractivity contribution in [3.05, 3.63) is 70.0 Å². The van der Waals surface area contributed by atoms with Gasteiger partial charge in [-0.05, 0) is 60.9 Å². The summed E-state index contributed by atoms with van der Waals surface area (Å²) in [7, 11) is 0. The third-order valence-corrected chi connectivity index (χ3v) is 8.58. The predicted molar refractivity (Wildman–Crippen MR) is 152 cm³/mol. The van der Waals surface area contributed by atoms with Crippen molar-refractivity contribution in [2.75, 3.05) is 18.8 Å². The number of thioether (sulfide) groups is 1. The molecule has 0 spiro atoms. The molecule has 2 aliphatic rings. The number of amides is 2. The number of nitrogens with zero attached hydrogens (tertiary/aromatic N) is 3. The van der Waals surface area contributed by atoms with Crippen molar-refractivity contribution >= 4 is 34.5 Å². The molecule has 38 heavy (non-hydrogen) atoms. The number of carbonyl (C=O) groups excluding carboxylic acids is 2. The van der Waals surface area contributed by atoms with Crippen LogP contribution in [0.3, 0.4) is 0 Å². The molecule has 1 aliphatic carbocycles. The highest BCUT2D eigenvalue weighted by atomic mass is 32.2. The van der Waals surface area contributed by atoms with Crippen molar-refractivity contribution in [2.24, 2.45) is 11.8 Å². The minimum atomic E-state index is -0.131. The van der Waals surface area contributed by atoms with E-state index in [2.05, 4.69) is 19.2 Å². The van der Waals surface area contributed by atoms with Gasteiger partial charge in [-0.25, -0.2) is 4.98 Å². The first-order chi connectivity index (χ1) is 18.4. The number of aromatic nitrogens is 2.